The second-order valence-electron chi connectivity index (χ2n) is 13.1. The van der Waals surface area contributed by atoms with Crippen molar-refractivity contribution in [3.63, 3.8) is 0 Å². The highest BCUT2D eigenvalue weighted by Gasteiger charge is 2.42. The molecule has 0 aromatic rings. The summed E-state index contributed by atoms with van der Waals surface area (Å²) in [6, 6.07) is 0. The normalized spacial score (nSPS) is 13.6. The molecular formula is C36H78FO3PS2. The van der Waals surface area contributed by atoms with E-state index in [2.05, 4.69) is 41.5 Å². The molecule has 0 spiro atoms. The third-order valence-electron chi connectivity index (χ3n) is 8.71. The Labute approximate surface area is 274 Å². The molecule has 0 aromatic heterocycles. The summed E-state index contributed by atoms with van der Waals surface area (Å²) in [4.78, 5) is 0. The van der Waals surface area contributed by atoms with Gasteiger partial charge < -0.3 is 0 Å². The third-order valence-corrected chi connectivity index (χ3v) is 18.9. The molecule has 0 fully saturated rings. The lowest BCUT2D eigenvalue weighted by Gasteiger charge is -2.44. The zero-order valence-electron chi connectivity index (χ0n) is 30.1. The molecule has 0 saturated carbocycles. The van der Waals surface area contributed by atoms with E-state index in [1.165, 1.54) is 77.0 Å². The minimum atomic E-state index is -4.69. The third kappa shape index (κ3) is 23.7. The first-order chi connectivity index (χ1) is 20.8. The molecule has 0 radical (unpaired) electrons. The molecule has 0 aliphatic rings. The highest BCUT2D eigenvalue weighted by atomic mass is 32.3. The molecular weight excluding hydrogens is 594 g/mol. The number of hydrogen-bond donors (Lipinski definition) is 0. The van der Waals surface area contributed by atoms with Crippen molar-refractivity contribution in [2.24, 2.45) is 0 Å². The van der Waals surface area contributed by atoms with Crippen LogP contribution in [0.25, 0.3) is 0 Å². The molecule has 7 heteroatoms. The van der Waals surface area contributed by atoms with E-state index in [0.29, 0.717) is 0 Å². The molecule has 0 aliphatic carbocycles. The average Bonchev–Trinajstić information content (AvgIpc) is 2.98. The van der Waals surface area contributed by atoms with Gasteiger partial charge in [0.05, 0.1) is 0 Å². The van der Waals surface area contributed by atoms with Crippen LogP contribution in [-0.4, -0.2) is 34.5 Å². The van der Waals surface area contributed by atoms with Gasteiger partial charge in [0.2, 0.25) is 0 Å². The maximum atomic E-state index is 16.6. The van der Waals surface area contributed by atoms with Gasteiger partial charge in [-0.3, -0.25) is 0 Å². The van der Waals surface area contributed by atoms with E-state index in [0.717, 1.165) is 112 Å². The van der Waals surface area contributed by atoms with E-state index >= 15 is 4.20 Å². The Morgan fingerprint density at radius 2 is 0.581 bits per heavy atom. The second-order valence-corrected chi connectivity index (χ2v) is 21.5. The van der Waals surface area contributed by atoms with Gasteiger partial charge in [-0.2, -0.15) is 0 Å². The van der Waals surface area contributed by atoms with Crippen molar-refractivity contribution in [2.45, 2.75) is 196 Å². The fraction of sp³-hybridized carbons (Fsp3) is 1.00. The minimum absolute atomic E-state index is 0.869. The molecule has 0 saturated heterocycles. The highest BCUT2D eigenvalue weighted by molar-refractivity contribution is 8.33. The van der Waals surface area contributed by atoms with Crippen LogP contribution in [0.1, 0.15) is 196 Å². The van der Waals surface area contributed by atoms with Crippen molar-refractivity contribution in [1.29, 1.82) is 0 Å². The zero-order chi connectivity index (χ0) is 32.1. The molecule has 0 atom stereocenters. The predicted octanol–water partition coefficient (Wildman–Crippen LogP) is 15.0. The molecule has 3 nitrogen and oxygen atoms in total. The van der Waals surface area contributed by atoms with E-state index in [-0.39, 0.29) is 0 Å². The maximum Gasteiger partial charge on any atom is 0.532 e. The van der Waals surface area contributed by atoms with Gasteiger partial charge in [0.15, 0.2) is 0 Å². The van der Waals surface area contributed by atoms with Crippen molar-refractivity contribution in [3.05, 3.63) is 0 Å². The van der Waals surface area contributed by atoms with Gasteiger partial charge in [0.25, 0.3) is 0 Å². The summed E-state index contributed by atoms with van der Waals surface area (Å²) in [5.41, 5.74) is 0. The Kier molecular flexibility index (Phi) is 29.5. The summed E-state index contributed by atoms with van der Waals surface area (Å²) in [7, 11) is -8.28. The van der Waals surface area contributed by atoms with Crippen molar-refractivity contribution in [1.82, 2.24) is 0 Å². The Bertz CT molecular complexity index is 574. The van der Waals surface area contributed by atoms with E-state index in [1.807, 2.05) is 0 Å². The summed E-state index contributed by atoms with van der Waals surface area (Å²) in [5.74, 6) is 5.27. The van der Waals surface area contributed by atoms with Crippen molar-refractivity contribution in [2.75, 3.05) is 34.5 Å². The van der Waals surface area contributed by atoms with Crippen molar-refractivity contribution in [3.8, 4) is 0 Å². The molecule has 0 N–H and O–H groups in total. The van der Waals surface area contributed by atoms with Gasteiger partial charge in [-0.25, -0.2) is 12.5 Å². The molecule has 0 bridgehead atoms. The van der Waals surface area contributed by atoms with E-state index in [9.17, 15) is 4.57 Å². The quantitative estimate of drug-likeness (QED) is 0.0504. The molecule has 264 valence electrons. The molecule has 0 aliphatic heterocycles. The smallest absolute Gasteiger partial charge is 0.233 e. The van der Waals surface area contributed by atoms with Crippen LogP contribution >= 0.6 is 28.5 Å². The lowest BCUT2D eigenvalue weighted by molar-refractivity contribution is 0.363. The fourth-order valence-corrected chi connectivity index (χ4v) is 16.8. The molecule has 0 aromatic carbocycles. The molecule has 0 amide bonds. The SMILES string of the molecule is CCCCCCCS(CCCC)(CCCCCCC)OP(=O)(F)OS(CCCC)(CCCCCCC)CCCCCCC. The van der Waals surface area contributed by atoms with Gasteiger partial charge in [-0.15, -0.1) is 24.8 Å². The van der Waals surface area contributed by atoms with Crippen LogP contribution in [-0.2, 0) is 12.5 Å². The first kappa shape index (κ1) is 43.8. The van der Waals surface area contributed by atoms with Crippen LogP contribution in [0.15, 0.2) is 0 Å². The van der Waals surface area contributed by atoms with Gasteiger partial charge in [-0.1, -0.05) is 157 Å². The summed E-state index contributed by atoms with van der Waals surface area (Å²) >= 11 is 0. The summed E-state index contributed by atoms with van der Waals surface area (Å²) in [6.45, 7) is 13.4. The van der Waals surface area contributed by atoms with Crippen LogP contribution in [0.5, 0.6) is 0 Å². The second kappa shape index (κ2) is 29.0. The lowest BCUT2D eigenvalue weighted by atomic mass is 10.2. The van der Waals surface area contributed by atoms with Crippen molar-refractivity contribution >= 4 is 28.5 Å². The largest absolute Gasteiger partial charge is 0.532 e. The van der Waals surface area contributed by atoms with Gasteiger partial charge in [0, 0.05) is 0 Å². The molecule has 0 unspecified atom stereocenters. The van der Waals surface area contributed by atoms with Gasteiger partial charge >= 0.3 is 7.91 Å². The van der Waals surface area contributed by atoms with Crippen LogP contribution in [0.2, 0.25) is 0 Å². The van der Waals surface area contributed by atoms with E-state index in [1.54, 1.807) is 0 Å². The van der Waals surface area contributed by atoms with Crippen LogP contribution < -0.4 is 0 Å². The van der Waals surface area contributed by atoms with E-state index < -0.39 is 28.5 Å². The zero-order valence-corrected chi connectivity index (χ0v) is 32.6. The number of rotatable bonds is 34. The van der Waals surface area contributed by atoms with Crippen molar-refractivity contribution < 1.29 is 16.7 Å². The Balaban J connectivity index is 6.02. The Morgan fingerprint density at radius 1 is 0.372 bits per heavy atom. The van der Waals surface area contributed by atoms with Crippen LogP contribution in [0.3, 0.4) is 0 Å². The van der Waals surface area contributed by atoms with Gasteiger partial charge in [0.1, 0.15) is 0 Å². The maximum absolute atomic E-state index is 16.6. The fourth-order valence-electron chi connectivity index (χ4n) is 5.92. The predicted molar refractivity (Wildman–Crippen MR) is 200 cm³/mol. The molecule has 0 rings (SSSR count). The van der Waals surface area contributed by atoms with Gasteiger partial charge in [-0.05, 0) is 73.0 Å². The monoisotopic (exact) mass is 673 g/mol. The standard InChI is InChI=1S/C36H78FO3PS2/c1-7-13-19-23-27-33-42(31-17-11-5,34-28-24-20-14-8-2)39-41(37,38)40-43(32-18-12-6,35-29-25-21-15-9-3)36-30-26-22-16-10-4/h7-36H2,1-6H3. The average molecular weight is 673 g/mol. The number of hydrogen-bond acceptors (Lipinski definition) is 3. The summed E-state index contributed by atoms with van der Waals surface area (Å²) in [5, 5.41) is 0. The van der Waals surface area contributed by atoms with Crippen LogP contribution in [0, 0.1) is 0 Å². The highest BCUT2D eigenvalue weighted by Crippen LogP contribution is 2.73. The molecule has 0 heterocycles. The molecule has 43 heavy (non-hydrogen) atoms. The lowest BCUT2D eigenvalue weighted by Crippen LogP contribution is -2.20. The Hall–Kier alpha value is 0.780. The first-order valence-electron chi connectivity index (χ1n) is 19.0. The van der Waals surface area contributed by atoms with E-state index in [4.69, 9.17) is 7.94 Å². The summed E-state index contributed by atoms with van der Waals surface area (Å²) < 4.78 is 43.5. The van der Waals surface area contributed by atoms with Crippen LogP contribution in [0.4, 0.5) is 4.20 Å². The number of halogens is 1. The first-order valence-corrected chi connectivity index (χ1v) is 24.6. The summed E-state index contributed by atoms with van der Waals surface area (Å²) in [6.07, 6.45) is 27.8. The topological polar surface area (TPSA) is 35.5 Å². The number of unbranched alkanes of at least 4 members (excludes halogenated alkanes) is 18. The Morgan fingerprint density at radius 3 is 0.814 bits per heavy atom. The minimum Gasteiger partial charge on any atom is -0.233 e.